The number of carbonyl (C=O) groups excluding carboxylic acids is 1. The Morgan fingerprint density at radius 3 is 2.70 bits per heavy atom. The molecule has 1 aromatic rings. The Morgan fingerprint density at radius 1 is 1.30 bits per heavy atom. The predicted octanol–water partition coefficient (Wildman–Crippen LogP) is 4.39. The maximum Gasteiger partial charge on any atom is 0.248 e. The second kappa shape index (κ2) is 9.64. The molecule has 2 heterocycles. The van der Waals surface area contributed by atoms with E-state index < -0.39 is 0 Å². The van der Waals surface area contributed by atoms with Crippen molar-refractivity contribution in [2.75, 3.05) is 37.7 Å². The van der Waals surface area contributed by atoms with Gasteiger partial charge in [-0.2, -0.15) is 5.26 Å². The first-order valence-electron chi connectivity index (χ1n) is 12.6. The summed E-state index contributed by atoms with van der Waals surface area (Å²) in [6.07, 6.45) is 4.11. The van der Waals surface area contributed by atoms with Gasteiger partial charge in [-0.15, -0.1) is 0 Å². The fourth-order valence-electron chi connectivity index (χ4n) is 5.32. The molecule has 1 amide bonds. The fourth-order valence-corrected chi connectivity index (χ4v) is 5.32. The quantitative estimate of drug-likeness (QED) is 0.573. The van der Waals surface area contributed by atoms with E-state index in [-0.39, 0.29) is 24.2 Å². The van der Waals surface area contributed by atoms with Gasteiger partial charge in [0.25, 0.3) is 0 Å². The fraction of sp³-hybridized carbons (Fsp3) is 0.704. The molecular formula is C27H39N3O3. The normalized spacial score (nSPS) is 22.3. The van der Waals surface area contributed by atoms with Gasteiger partial charge < -0.3 is 19.3 Å². The van der Waals surface area contributed by atoms with Crippen LogP contribution < -0.4 is 4.90 Å². The molecule has 0 radical (unpaired) electrons. The summed E-state index contributed by atoms with van der Waals surface area (Å²) in [4.78, 5) is 17.2. The van der Waals surface area contributed by atoms with Gasteiger partial charge in [-0.05, 0) is 67.7 Å². The van der Waals surface area contributed by atoms with E-state index in [0.29, 0.717) is 31.6 Å². The van der Waals surface area contributed by atoms with Crippen LogP contribution in [0, 0.1) is 17.2 Å². The minimum atomic E-state index is -0.262. The minimum Gasteiger partial charge on any atom is -0.372 e. The lowest BCUT2D eigenvalue weighted by Gasteiger charge is -2.45. The molecule has 2 fully saturated rings. The largest absolute Gasteiger partial charge is 0.372 e. The monoisotopic (exact) mass is 453 g/mol. The number of nitrogens with zero attached hydrogens (tertiary/aromatic N) is 3. The van der Waals surface area contributed by atoms with Gasteiger partial charge in [0.2, 0.25) is 5.91 Å². The van der Waals surface area contributed by atoms with E-state index in [1.54, 1.807) is 0 Å². The van der Waals surface area contributed by atoms with Crippen molar-refractivity contribution in [3.05, 3.63) is 28.3 Å². The predicted molar refractivity (Wildman–Crippen MR) is 129 cm³/mol. The van der Waals surface area contributed by atoms with E-state index in [2.05, 4.69) is 51.7 Å². The number of piperazine rings is 1. The first-order chi connectivity index (χ1) is 15.8. The Kier molecular flexibility index (Phi) is 7.02. The van der Waals surface area contributed by atoms with Crippen LogP contribution in [0.5, 0.6) is 0 Å². The zero-order valence-corrected chi connectivity index (χ0v) is 20.9. The van der Waals surface area contributed by atoms with Gasteiger partial charge in [0, 0.05) is 32.7 Å². The van der Waals surface area contributed by atoms with Crippen molar-refractivity contribution in [1.82, 2.24) is 4.90 Å². The minimum absolute atomic E-state index is 0.0744. The molecule has 6 nitrogen and oxygen atoms in total. The average molecular weight is 454 g/mol. The van der Waals surface area contributed by atoms with Crippen LogP contribution in [0.15, 0.2) is 6.07 Å². The third kappa shape index (κ3) is 5.05. The highest BCUT2D eigenvalue weighted by molar-refractivity contribution is 5.78. The van der Waals surface area contributed by atoms with E-state index >= 15 is 0 Å². The van der Waals surface area contributed by atoms with Gasteiger partial charge in [-0.3, -0.25) is 4.79 Å². The molecule has 1 aromatic carbocycles. The van der Waals surface area contributed by atoms with E-state index in [9.17, 15) is 10.1 Å². The highest BCUT2D eigenvalue weighted by Crippen LogP contribution is 2.47. The number of fused-ring (bicyclic) bond motifs is 1. The molecular weight excluding hydrogens is 414 g/mol. The Balaban J connectivity index is 1.65. The zero-order chi connectivity index (χ0) is 23.8. The number of amides is 1. The van der Waals surface area contributed by atoms with Gasteiger partial charge in [-0.1, -0.05) is 20.8 Å². The van der Waals surface area contributed by atoms with Crippen LogP contribution in [0.2, 0.25) is 0 Å². The Morgan fingerprint density at radius 2 is 2.06 bits per heavy atom. The molecule has 33 heavy (non-hydrogen) atoms. The summed E-state index contributed by atoms with van der Waals surface area (Å²) < 4.78 is 11.7. The van der Waals surface area contributed by atoms with Gasteiger partial charge in [0.15, 0.2) is 0 Å². The van der Waals surface area contributed by atoms with Crippen molar-refractivity contribution in [3.63, 3.8) is 0 Å². The number of nitriles is 1. The van der Waals surface area contributed by atoms with Crippen LogP contribution in [-0.4, -0.2) is 55.3 Å². The van der Waals surface area contributed by atoms with Crippen LogP contribution >= 0.6 is 0 Å². The standard InChI is InChI=1S/C27H39N3O3/c1-6-11-32-17-26(31)30-10-9-29(15-25(30)18(2)3)24-12-20(19-7-8-19)23-16-33-27(4,5)13-21(23)22(24)14-28/h12,18-19,25H,6-11,13,15-17H2,1-5H3. The molecule has 1 saturated carbocycles. The topological polar surface area (TPSA) is 65.8 Å². The van der Waals surface area contributed by atoms with Crippen molar-refractivity contribution in [1.29, 1.82) is 5.26 Å². The van der Waals surface area contributed by atoms with Crippen LogP contribution in [0.1, 0.15) is 82.1 Å². The molecule has 0 aromatic heterocycles. The molecule has 3 aliphatic rings. The maximum atomic E-state index is 12.9. The number of hydrogen-bond acceptors (Lipinski definition) is 5. The summed E-state index contributed by atoms with van der Waals surface area (Å²) >= 11 is 0. The van der Waals surface area contributed by atoms with E-state index in [4.69, 9.17) is 9.47 Å². The van der Waals surface area contributed by atoms with Crippen LogP contribution in [0.25, 0.3) is 0 Å². The molecule has 180 valence electrons. The lowest BCUT2D eigenvalue weighted by atomic mass is 9.83. The number of anilines is 1. The molecule has 1 saturated heterocycles. The number of carbonyl (C=O) groups is 1. The number of benzene rings is 1. The number of hydrogen-bond donors (Lipinski definition) is 0. The SMILES string of the molecule is CCCOCC(=O)N1CCN(c2cc(C3CC3)c3c(c2C#N)CC(C)(C)OC3)CC1C(C)C. The molecule has 0 spiro atoms. The Labute approximate surface area is 198 Å². The van der Waals surface area contributed by atoms with Crippen molar-refractivity contribution in [3.8, 4) is 6.07 Å². The smallest absolute Gasteiger partial charge is 0.248 e. The molecule has 1 aliphatic carbocycles. The van der Waals surface area contributed by atoms with Crippen LogP contribution in [0.3, 0.4) is 0 Å². The third-order valence-electron chi connectivity index (χ3n) is 7.32. The molecule has 6 heteroatoms. The van der Waals surface area contributed by atoms with E-state index in [0.717, 1.165) is 37.2 Å². The summed E-state index contributed by atoms with van der Waals surface area (Å²) in [5.74, 6) is 0.987. The van der Waals surface area contributed by atoms with E-state index in [1.165, 1.54) is 29.5 Å². The second-order valence-electron chi connectivity index (χ2n) is 10.8. The van der Waals surface area contributed by atoms with Crippen LogP contribution in [-0.2, 0) is 27.3 Å². The van der Waals surface area contributed by atoms with Crippen molar-refractivity contribution >= 4 is 11.6 Å². The molecule has 2 aliphatic heterocycles. The van der Waals surface area contributed by atoms with Gasteiger partial charge in [0.05, 0.1) is 29.5 Å². The lowest BCUT2D eigenvalue weighted by molar-refractivity contribution is -0.140. The highest BCUT2D eigenvalue weighted by atomic mass is 16.5. The molecule has 0 bridgehead atoms. The Hall–Kier alpha value is -2.10. The van der Waals surface area contributed by atoms with Crippen molar-refractivity contribution in [2.24, 2.45) is 5.92 Å². The zero-order valence-electron chi connectivity index (χ0n) is 20.9. The summed E-state index contributed by atoms with van der Waals surface area (Å²) in [6.45, 7) is 14.1. The summed E-state index contributed by atoms with van der Waals surface area (Å²) in [6, 6.07) is 4.93. The van der Waals surface area contributed by atoms with Crippen molar-refractivity contribution in [2.45, 2.75) is 84.5 Å². The van der Waals surface area contributed by atoms with Gasteiger partial charge in [0.1, 0.15) is 12.7 Å². The first kappa shape index (κ1) is 24.0. The van der Waals surface area contributed by atoms with E-state index in [1.807, 2.05) is 4.90 Å². The number of rotatable bonds is 7. The van der Waals surface area contributed by atoms with Crippen molar-refractivity contribution < 1.29 is 14.3 Å². The third-order valence-corrected chi connectivity index (χ3v) is 7.32. The average Bonchev–Trinajstić information content (AvgIpc) is 3.62. The summed E-state index contributed by atoms with van der Waals surface area (Å²) in [5.41, 5.74) is 5.40. The molecule has 0 N–H and O–H groups in total. The maximum absolute atomic E-state index is 12.9. The molecule has 1 atom stereocenters. The number of ether oxygens (including phenoxy) is 2. The summed E-state index contributed by atoms with van der Waals surface area (Å²) in [7, 11) is 0. The highest BCUT2D eigenvalue weighted by Gasteiger charge is 2.38. The van der Waals surface area contributed by atoms with Gasteiger partial charge >= 0.3 is 0 Å². The first-order valence-corrected chi connectivity index (χ1v) is 12.6. The van der Waals surface area contributed by atoms with Crippen LogP contribution in [0.4, 0.5) is 5.69 Å². The summed E-state index contributed by atoms with van der Waals surface area (Å²) in [5, 5.41) is 10.3. The van der Waals surface area contributed by atoms with Gasteiger partial charge in [-0.25, -0.2) is 0 Å². The second-order valence-corrected chi connectivity index (χ2v) is 10.8. The molecule has 4 rings (SSSR count). The Bertz CT molecular complexity index is 930. The molecule has 1 unspecified atom stereocenters. The lowest BCUT2D eigenvalue weighted by Crippen LogP contribution is -2.58.